The summed E-state index contributed by atoms with van der Waals surface area (Å²) in [7, 11) is 0. The van der Waals surface area contributed by atoms with Gasteiger partial charge in [0, 0.05) is 5.69 Å². The van der Waals surface area contributed by atoms with Gasteiger partial charge in [-0.1, -0.05) is 18.2 Å². The summed E-state index contributed by atoms with van der Waals surface area (Å²) in [4.78, 5) is 0. The van der Waals surface area contributed by atoms with E-state index >= 15 is 0 Å². The zero-order chi connectivity index (χ0) is 12.5. The van der Waals surface area contributed by atoms with E-state index in [0.29, 0.717) is 6.10 Å². The number of hydrogen-bond acceptors (Lipinski definition) is 2. The monoisotopic (exact) mass is 239 g/mol. The van der Waals surface area contributed by atoms with Crippen LogP contribution in [0.3, 0.4) is 0 Å². The zero-order valence-electron chi connectivity index (χ0n) is 10.5. The number of rotatable bonds is 3. The molecule has 0 atom stereocenters. The second-order valence-corrected chi connectivity index (χ2v) is 4.92. The van der Waals surface area contributed by atoms with Gasteiger partial charge in [-0.25, -0.2) is 0 Å². The minimum Gasteiger partial charge on any atom is -0.490 e. The highest BCUT2D eigenvalue weighted by Gasteiger charge is 2.23. The third-order valence-corrected chi connectivity index (χ3v) is 3.25. The highest BCUT2D eigenvalue weighted by atomic mass is 16.5. The summed E-state index contributed by atoms with van der Waals surface area (Å²) >= 11 is 0. The lowest BCUT2D eigenvalue weighted by Crippen LogP contribution is -1.95. The lowest BCUT2D eigenvalue weighted by atomic mass is 10.00. The Hall–Kier alpha value is -1.96. The molecule has 2 heteroatoms. The quantitative estimate of drug-likeness (QED) is 0.827. The zero-order valence-corrected chi connectivity index (χ0v) is 10.5. The summed E-state index contributed by atoms with van der Waals surface area (Å²) in [5, 5.41) is 0. The van der Waals surface area contributed by atoms with Gasteiger partial charge in [-0.2, -0.15) is 0 Å². The number of anilines is 1. The Bertz CT molecular complexity index is 556. The molecular formula is C16H17NO. The molecule has 0 bridgehead atoms. The van der Waals surface area contributed by atoms with Crippen LogP contribution in [0, 0.1) is 6.92 Å². The molecule has 0 aromatic heterocycles. The van der Waals surface area contributed by atoms with E-state index in [1.54, 1.807) is 0 Å². The number of nitrogens with two attached hydrogens (primary N) is 1. The molecule has 0 saturated heterocycles. The van der Waals surface area contributed by atoms with Crippen LogP contribution >= 0.6 is 0 Å². The standard InChI is InChI=1S/C16H17NO/c1-11-2-5-13(17)10-16(11)12-3-6-14(7-4-12)18-15-8-9-15/h2-7,10,15H,8-9,17H2,1H3. The van der Waals surface area contributed by atoms with Crippen molar-refractivity contribution >= 4 is 5.69 Å². The lowest BCUT2D eigenvalue weighted by Gasteiger charge is -2.09. The van der Waals surface area contributed by atoms with Crippen LogP contribution in [0.15, 0.2) is 42.5 Å². The molecule has 92 valence electrons. The summed E-state index contributed by atoms with van der Waals surface area (Å²) < 4.78 is 5.75. The molecule has 0 radical (unpaired) electrons. The number of nitrogen functional groups attached to an aromatic ring is 1. The van der Waals surface area contributed by atoms with Gasteiger partial charge in [0.15, 0.2) is 0 Å². The van der Waals surface area contributed by atoms with Crippen molar-refractivity contribution in [3.05, 3.63) is 48.0 Å². The maximum absolute atomic E-state index is 5.84. The molecule has 2 aromatic rings. The van der Waals surface area contributed by atoms with Crippen molar-refractivity contribution in [2.45, 2.75) is 25.9 Å². The van der Waals surface area contributed by atoms with Crippen LogP contribution in [0.4, 0.5) is 5.69 Å². The fraction of sp³-hybridized carbons (Fsp3) is 0.250. The minimum absolute atomic E-state index is 0.449. The van der Waals surface area contributed by atoms with Gasteiger partial charge in [0.2, 0.25) is 0 Å². The first-order valence-corrected chi connectivity index (χ1v) is 6.35. The van der Waals surface area contributed by atoms with E-state index in [1.807, 2.05) is 24.3 Å². The van der Waals surface area contributed by atoms with Gasteiger partial charge in [0.1, 0.15) is 5.75 Å². The average molecular weight is 239 g/mol. The van der Waals surface area contributed by atoms with E-state index in [0.717, 1.165) is 11.4 Å². The van der Waals surface area contributed by atoms with Crippen molar-refractivity contribution in [3.8, 4) is 16.9 Å². The van der Waals surface area contributed by atoms with Crippen molar-refractivity contribution in [1.82, 2.24) is 0 Å². The molecule has 0 spiro atoms. The second-order valence-electron chi connectivity index (χ2n) is 4.92. The molecule has 2 nitrogen and oxygen atoms in total. The Labute approximate surface area is 107 Å². The van der Waals surface area contributed by atoms with Gasteiger partial charge in [-0.05, 0) is 60.7 Å². The summed E-state index contributed by atoms with van der Waals surface area (Å²) in [5.74, 6) is 0.961. The molecule has 18 heavy (non-hydrogen) atoms. The van der Waals surface area contributed by atoms with E-state index in [9.17, 15) is 0 Å². The molecular weight excluding hydrogens is 222 g/mol. The molecule has 2 N–H and O–H groups in total. The molecule has 0 heterocycles. The summed E-state index contributed by atoms with van der Waals surface area (Å²) in [6.45, 7) is 2.10. The number of hydrogen-bond donors (Lipinski definition) is 1. The van der Waals surface area contributed by atoms with Crippen LogP contribution in [0.5, 0.6) is 5.75 Å². The molecule has 0 unspecified atom stereocenters. The van der Waals surface area contributed by atoms with Gasteiger partial charge in [-0.15, -0.1) is 0 Å². The van der Waals surface area contributed by atoms with Gasteiger partial charge in [0.25, 0.3) is 0 Å². The van der Waals surface area contributed by atoms with Crippen LogP contribution in [-0.4, -0.2) is 6.10 Å². The van der Waals surface area contributed by atoms with Gasteiger partial charge in [0.05, 0.1) is 6.10 Å². The molecule has 1 aliphatic carbocycles. The highest BCUT2D eigenvalue weighted by molar-refractivity contribution is 5.71. The SMILES string of the molecule is Cc1ccc(N)cc1-c1ccc(OC2CC2)cc1. The van der Waals surface area contributed by atoms with Crippen molar-refractivity contribution < 1.29 is 4.74 Å². The molecule has 3 rings (SSSR count). The van der Waals surface area contributed by atoms with Crippen LogP contribution in [-0.2, 0) is 0 Å². The molecule has 2 aromatic carbocycles. The highest BCUT2D eigenvalue weighted by Crippen LogP contribution is 2.30. The molecule has 1 aliphatic rings. The summed E-state index contributed by atoms with van der Waals surface area (Å²) in [6.07, 6.45) is 2.83. The number of aryl methyl sites for hydroxylation is 1. The Balaban J connectivity index is 1.88. The maximum Gasteiger partial charge on any atom is 0.119 e. The summed E-state index contributed by atoms with van der Waals surface area (Å²) in [6, 6.07) is 14.3. The average Bonchev–Trinajstić information content (AvgIpc) is 3.17. The van der Waals surface area contributed by atoms with Crippen molar-refractivity contribution in [3.63, 3.8) is 0 Å². The first kappa shape index (κ1) is 11.1. The van der Waals surface area contributed by atoms with Gasteiger partial charge < -0.3 is 10.5 Å². The molecule has 1 saturated carbocycles. The fourth-order valence-electron chi connectivity index (χ4n) is 2.04. The number of ether oxygens (including phenoxy) is 1. The first-order valence-electron chi connectivity index (χ1n) is 6.35. The number of benzene rings is 2. The van der Waals surface area contributed by atoms with Crippen LogP contribution < -0.4 is 10.5 Å². The Morgan fingerprint density at radius 1 is 1.06 bits per heavy atom. The molecule has 0 aliphatic heterocycles. The summed E-state index contributed by atoms with van der Waals surface area (Å²) in [5.41, 5.74) is 10.3. The van der Waals surface area contributed by atoms with Gasteiger partial charge in [-0.3, -0.25) is 0 Å². The molecule has 1 fully saturated rings. The third-order valence-electron chi connectivity index (χ3n) is 3.25. The normalized spacial score (nSPS) is 14.5. The minimum atomic E-state index is 0.449. The first-order chi connectivity index (χ1) is 8.72. The second kappa shape index (κ2) is 4.37. The van der Waals surface area contributed by atoms with Crippen molar-refractivity contribution in [1.29, 1.82) is 0 Å². The third kappa shape index (κ3) is 2.33. The Kier molecular flexibility index (Phi) is 2.71. The van der Waals surface area contributed by atoms with Crippen LogP contribution in [0.25, 0.3) is 11.1 Å². The van der Waals surface area contributed by atoms with Gasteiger partial charge >= 0.3 is 0 Å². The van der Waals surface area contributed by atoms with E-state index < -0.39 is 0 Å². The van der Waals surface area contributed by atoms with Crippen LogP contribution in [0.2, 0.25) is 0 Å². The topological polar surface area (TPSA) is 35.2 Å². The predicted octanol–water partition coefficient (Wildman–Crippen LogP) is 3.79. The Morgan fingerprint density at radius 2 is 1.78 bits per heavy atom. The van der Waals surface area contributed by atoms with E-state index in [2.05, 4.69) is 25.1 Å². The largest absolute Gasteiger partial charge is 0.490 e. The maximum atomic E-state index is 5.84. The smallest absolute Gasteiger partial charge is 0.119 e. The van der Waals surface area contributed by atoms with Crippen molar-refractivity contribution in [2.24, 2.45) is 0 Å². The van der Waals surface area contributed by atoms with E-state index in [4.69, 9.17) is 10.5 Å². The van der Waals surface area contributed by atoms with E-state index in [-0.39, 0.29) is 0 Å². The van der Waals surface area contributed by atoms with Crippen LogP contribution in [0.1, 0.15) is 18.4 Å². The molecule has 0 amide bonds. The lowest BCUT2D eigenvalue weighted by molar-refractivity contribution is 0.303. The van der Waals surface area contributed by atoms with Crippen molar-refractivity contribution in [2.75, 3.05) is 5.73 Å². The Morgan fingerprint density at radius 3 is 2.44 bits per heavy atom. The fourth-order valence-corrected chi connectivity index (χ4v) is 2.04. The predicted molar refractivity (Wildman–Crippen MR) is 74.7 cm³/mol. The van der Waals surface area contributed by atoms with E-state index in [1.165, 1.54) is 29.5 Å².